The van der Waals surface area contributed by atoms with Crippen molar-refractivity contribution in [3.8, 4) is 0 Å². The standard InChI is InChI=1S/C51H64O11/c1-3-5-11-29-40(30-12-6-4-2)58-51-48(62-50-44(53)43(52)45-42(59-50)35-57-49(61-45)39-27-19-10-20-28-39)47(56-33-38-25-17-9-18-26-38)46(55-32-37-23-15-8-16-24-37)41(60-51)34-54-31-36-21-13-7-14-22-36/h3,7-10,13-28,40-53H,1,4-6,11-12,29-35H2,2H3/t40-,41-,42-,43-,44-,45-,46-,47+,48-,49-,50+,51-/m1/s1. The summed E-state index contributed by atoms with van der Waals surface area (Å²) in [5.41, 5.74) is 3.75. The van der Waals surface area contributed by atoms with Gasteiger partial charge in [-0.2, -0.15) is 0 Å². The van der Waals surface area contributed by atoms with Crippen molar-refractivity contribution in [3.63, 3.8) is 0 Å². The summed E-state index contributed by atoms with van der Waals surface area (Å²) in [6.07, 6.45) is -2.50. The number of ether oxygens (including phenoxy) is 9. The van der Waals surface area contributed by atoms with Crippen molar-refractivity contribution < 1.29 is 52.8 Å². The normalized spacial score (nSPS) is 29.1. The van der Waals surface area contributed by atoms with Crippen molar-refractivity contribution in [2.45, 2.75) is 145 Å². The quantitative estimate of drug-likeness (QED) is 0.0553. The van der Waals surface area contributed by atoms with Crippen molar-refractivity contribution in [2.75, 3.05) is 13.2 Å². The zero-order chi connectivity index (χ0) is 42.9. The van der Waals surface area contributed by atoms with E-state index in [4.69, 9.17) is 42.6 Å². The van der Waals surface area contributed by atoms with E-state index in [0.717, 1.165) is 67.2 Å². The lowest BCUT2D eigenvalue weighted by Gasteiger charge is -2.50. The molecule has 0 radical (unpaired) electrons. The summed E-state index contributed by atoms with van der Waals surface area (Å²) in [7, 11) is 0. The van der Waals surface area contributed by atoms with Crippen LogP contribution in [0, 0.1) is 0 Å². The van der Waals surface area contributed by atoms with Gasteiger partial charge >= 0.3 is 0 Å². The summed E-state index contributed by atoms with van der Waals surface area (Å²) in [4.78, 5) is 0. The molecule has 4 aromatic rings. The molecule has 62 heavy (non-hydrogen) atoms. The van der Waals surface area contributed by atoms with E-state index < -0.39 is 67.7 Å². The van der Waals surface area contributed by atoms with Crippen LogP contribution in [-0.2, 0) is 62.5 Å². The summed E-state index contributed by atoms with van der Waals surface area (Å²) >= 11 is 0. The van der Waals surface area contributed by atoms with Crippen molar-refractivity contribution >= 4 is 0 Å². The molecule has 0 saturated carbocycles. The fraction of sp³-hybridized carbons (Fsp3) is 0.490. The smallest absolute Gasteiger partial charge is 0.187 e. The molecule has 0 amide bonds. The van der Waals surface area contributed by atoms with Crippen LogP contribution in [0.1, 0.15) is 80.4 Å². The molecule has 11 nitrogen and oxygen atoms in total. The van der Waals surface area contributed by atoms with Crippen LogP contribution in [0.5, 0.6) is 0 Å². The summed E-state index contributed by atoms with van der Waals surface area (Å²) in [6, 6.07) is 39.3. The van der Waals surface area contributed by atoms with Gasteiger partial charge in [0.1, 0.15) is 48.8 Å². The second-order valence-corrected chi connectivity index (χ2v) is 16.3. The van der Waals surface area contributed by atoms with Gasteiger partial charge in [0.2, 0.25) is 0 Å². The van der Waals surface area contributed by atoms with Gasteiger partial charge in [0.25, 0.3) is 0 Å². The summed E-state index contributed by atoms with van der Waals surface area (Å²) in [5, 5.41) is 23.5. The van der Waals surface area contributed by atoms with Crippen LogP contribution in [0.4, 0.5) is 0 Å². The molecule has 3 heterocycles. The fourth-order valence-electron chi connectivity index (χ4n) is 8.26. The minimum atomic E-state index is -1.50. The lowest BCUT2D eigenvalue weighted by Crippen LogP contribution is -2.66. The van der Waals surface area contributed by atoms with Crippen molar-refractivity contribution in [1.82, 2.24) is 0 Å². The lowest BCUT2D eigenvalue weighted by molar-refractivity contribution is -0.397. The lowest BCUT2D eigenvalue weighted by atomic mass is 9.95. The molecule has 4 aromatic carbocycles. The van der Waals surface area contributed by atoms with Gasteiger partial charge in [0.05, 0.1) is 39.1 Å². The predicted molar refractivity (Wildman–Crippen MR) is 233 cm³/mol. The van der Waals surface area contributed by atoms with Gasteiger partial charge in [0.15, 0.2) is 18.9 Å². The number of rotatable bonds is 23. The fourth-order valence-corrected chi connectivity index (χ4v) is 8.26. The molecule has 0 aromatic heterocycles. The number of aliphatic hydroxyl groups is 2. The first-order valence-electron chi connectivity index (χ1n) is 22.3. The molecule has 3 fully saturated rings. The Morgan fingerprint density at radius 2 is 1.26 bits per heavy atom. The summed E-state index contributed by atoms with van der Waals surface area (Å²) in [6.45, 7) is 7.26. The molecular formula is C51H64O11. The third-order valence-corrected chi connectivity index (χ3v) is 11.6. The molecule has 7 rings (SSSR count). The highest BCUT2D eigenvalue weighted by Gasteiger charge is 2.55. The zero-order valence-corrected chi connectivity index (χ0v) is 35.8. The van der Waals surface area contributed by atoms with Crippen LogP contribution >= 0.6 is 0 Å². The van der Waals surface area contributed by atoms with Crippen molar-refractivity contribution in [1.29, 1.82) is 0 Å². The monoisotopic (exact) mass is 852 g/mol. The van der Waals surface area contributed by atoms with E-state index in [1.807, 2.05) is 127 Å². The van der Waals surface area contributed by atoms with Gasteiger partial charge in [-0.1, -0.05) is 154 Å². The highest BCUT2D eigenvalue weighted by Crippen LogP contribution is 2.38. The second kappa shape index (κ2) is 24.3. The molecule has 0 aliphatic carbocycles. The van der Waals surface area contributed by atoms with E-state index in [2.05, 4.69) is 13.5 Å². The third kappa shape index (κ3) is 12.9. The molecule has 11 heteroatoms. The Balaban J connectivity index is 1.21. The number of fused-ring (bicyclic) bond motifs is 1. The Bertz CT molecular complexity index is 1830. The number of aliphatic hydroxyl groups excluding tert-OH is 2. The Labute approximate surface area is 366 Å². The number of benzene rings is 4. The van der Waals surface area contributed by atoms with Crippen LogP contribution < -0.4 is 0 Å². The van der Waals surface area contributed by atoms with E-state index in [9.17, 15) is 10.2 Å². The zero-order valence-electron chi connectivity index (χ0n) is 35.8. The first-order chi connectivity index (χ1) is 30.5. The molecule has 3 aliphatic rings. The Morgan fingerprint density at radius 3 is 1.89 bits per heavy atom. The second-order valence-electron chi connectivity index (χ2n) is 16.3. The van der Waals surface area contributed by atoms with E-state index in [1.54, 1.807) is 0 Å². The number of hydrogen-bond donors (Lipinski definition) is 2. The van der Waals surface area contributed by atoms with Crippen molar-refractivity contribution in [2.24, 2.45) is 0 Å². The highest BCUT2D eigenvalue weighted by atomic mass is 16.8. The largest absolute Gasteiger partial charge is 0.387 e. The van der Waals surface area contributed by atoms with Crippen LogP contribution in [0.25, 0.3) is 0 Å². The average Bonchev–Trinajstić information content (AvgIpc) is 3.31. The maximum absolute atomic E-state index is 11.8. The van der Waals surface area contributed by atoms with E-state index in [-0.39, 0.29) is 32.5 Å². The SMILES string of the molecule is C=CCCC[C@H](CCCCC)O[C@@H]1O[C@H](COCc2ccccc2)[C@@H](OCc2ccccc2)[C@H](OCc2ccccc2)[C@H]1O[C@@H]1O[C@@H]2CO[C@@H](c3ccccc3)O[C@H]2[C@H](O)[C@H]1O. The van der Waals surface area contributed by atoms with E-state index >= 15 is 0 Å². The van der Waals surface area contributed by atoms with Gasteiger partial charge in [0, 0.05) is 5.56 Å². The average molecular weight is 853 g/mol. The summed E-state index contributed by atoms with van der Waals surface area (Å²) < 4.78 is 59.9. The first-order valence-corrected chi connectivity index (χ1v) is 22.3. The Hall–Kier alpha value is -3.82. The van der Waals surface area contributed by atoms with Crippen LogP contribution in [0.15, 0.2) is 134 Å². The summed E-state index contributed by atoms with van der Waals surface area (Å²) in [5.74, 6) is 0. The van der Waals surface area contributed by atoms with Gasteiger partial charge in [-0.25, -0.2) is 0 Å². The van der Waals surface area contributed by atoms with Gasteiger partial charge in [-0.15, -0.1) is 6.58 Å². The van der Waals surface area contributed by atoms with Crippen LogP contribution in [0.2, 0.25) is 0 Å². The van der Waals surface area contributed by atoms with Crippen molar-refractivity contribution in [3.05, 3.63) is 156 Å². The van der Waals surface area contributed by atoms with Gasteiger partial charge < -0.3 is 52.8 Å². The Kier molecular flexibility index (Phi) is 18.1. The van der Waals surface area contributed by atoms with E-state index in [1.165, 1.54) is 0 Å². The third-order valence-electron chi connectivity index (χ3n) is 11.6. The molecule has 0 unspecified atom stereocenters. The minimum absolute atomic E-state index is 0.106. The van der Waals surface area contributed by atoms with Crippen LogP contribution in [-0.4, -0.2) is 90.9 Å². The number of hydrogen-bond acceptors (Lipinski definition) is 11. The first kappa shape index (κ1) is 46.2. The maximum Gasteiger partial charge on any atom is 0.187 e. The number of unbranched alkanes of at least 4 members (excludes halogenated alkanes) is 3. The van der Waals surface area contributed by atoms with E-state index in [0.29, 0.717) is 6.61 Å². The molecule has 2 N–H and O–H groups in total. The molecule has 3 saturated heterocycles. The van der Waals surface area contributed by atoms with Gasteiger partial charge in [-0.3, -0.25) is 0 Å². The topological polar surface area (TPSA) is 124 Å². The highest BCUT2D eigenvalue weighted by molar-refractivity contribution is 5.18. The Morgan fingerprint density at radius 1 is 0.661 bits per heavy atom. The molecule has 0 bridgehead atoms. The molecule has 3 aliphatic heterocycles. The molecule has 334 valence electrons. The molecule has 12 atom stereocenters. The maximum atomic E-state index is 11.8. The minimum Gasteiger partial charge on any atom is -0.387 e. The van der Waals surface area contributed by atoms with Crippen LogP contribution in [0.3, 0.4) is 0 Å². The predicted octanol–water partition coefficient (Wildman–Crippen LogP) is 8.37. The number of allylic oxidation sites excluding steroid dienone is 1. The molecular weight excluding hydrogens is 789 g/mol. The van der Waals surface area contributed by atoms with Gasteiger partial charge in [-0.05, 0) is 42.4 Å². The molecule has 0 spiro atoms.